The summed E-state index contributed by atoms with van der Waals surface area (Å²) in [5, 5.41) is 7.12. The minimum absolute atomic E-state index is 0.251. The predicted octanol–water partition coefficient (Wildman–Crippen LogP) is 3.92. The molecule has 0 spiro atoms. The first-order valence-electron chi connectivity index (χ1n) is 5.85. The van der Waals surface area contributed by atoms with E-state index in [0.717, 1.165) is 14.7 Å². The monoisotopic (exact) mass is 351 g/mol. The van der Waals surface area contributed by atoms with Gasteiger partial charge < -0.3 is 4.52 Å². The molecule has 0 aliphatic heterocycles. The molecular formula is C13H10BrN3O2S. The van der Waals surface area contributed by atoms with Crippen molar-refractivity contribution in [2.24, 2.45) is 0 Å². The van der Waals surface area contributed by atoms with E-state index in [0.29, 0.717) is 22.1 Å². The summed E-state index contributed by atoms with van der Waals surface area (Å²) in [5.41, 5.74) is 1.89. The SMILES string of the molecule is Cc1noc(C)c1C(=O)Nc1nc2ccc(Br)cc2s1. The highest BCUT2D eigenvalue weighted by molar-refractivity contribution is 9.10. The van der Waals surface area contributed by atoms with Crippen LogP contribution in [0.2, 0.25) is 0 Å². The van der Waals surface area contributed by atoms with Crippen LogP contribution in [0.5, 0.6) is 0 Å². The average molecular weight is 352 g/mol. The second-order valence-corrected chi connectivity index (χ2v) is 6.23. The average Bonchev–Trinajstić information content (AvgIpc) is 2.92. The maximum atomic E-state index is 12.2. The molecule has 0 saturated heterocycles. The van der Waals surface area contributed by atoms with Crippen LogP contribution < -0.4 is 5.32 Å². The Morgan fingerprint density at radius 3 is 2.90 bits per heavy atom. The van der Waals surface area contributed by atoms with Crippen LogP contribution in [0.3, 0.4) is 0 Å². The molecule has 1 amide bonds. The van der Waals surface area contributed by atoms with E-state index < -0.39 is 0 Å². The topological polar surface area (TPSA) is 68.0 Å². The quantitative estimate of drug-likeness (QED) is 0.759. The van der Waals surface area contributed by atoms with E-state index in [9.17, 15) is 4.79 Å². The number of hydrogen-bond acceptors (Lipinski definition) is 5. The highest BCUT2D eigenvalue weighted by Crippen LogP contribution is 2.29. The van der Waals surface area contributed by atoms with E-state index in [1.807, 2.05) is 18.2 Å². The highest BCUT2D eigenvalue weighted by atomic mass is 79.9. The molecule has 1 N–H and O–H groups in total. The molecule has 0 fully saturated rings. The van der Waals surface area contributed by atoms with Crippen LogP contribution in [0.1, 0.15) is 21.8 Å². The first-order valence-corrected chi connectivity index (χ1v) is 7.46. The van der Waals surface area contributed by atoms with E-state index in [1.54, 1.807) is 13.8 Å². The van der Waals surface area contributed by atoms with Gasteiger partial charge in [-0.3, -0.25) is 10.1 Å². The molecule has 5 nitrogen and oxygen atoms in total. The molecule has 0 atom stereocenters. The minimum atomic E-state index is -0.251. The summed E-state index contributed by atoms with van der Waals surface area (Å²) in [6.45, 7) is 3.45. The van der Waals surface area contributed by atoms with Crippen molar-refractivity contribution in [3.8, 4) is 0 Å². The molecule has 0 saturated carbocycles. The molecule has 7 heteroatoms. The third-order valence-electron chi connectivity index (χ3n) is 2.83. The molecule has 0 aliphatic carbocycles. The van der Waals surface area contributed by atoms with Gasteiger partial charge in [0, 0.05) is 4.47 Å². The zero-order valence-corrected chi connectivity index (χ0v) is 13.1. The van der Waals surface area contributed by atoms with Gasteiger partial charge in [-0.25, -0.2) is 4.98 Å². The van der Waals surface area contributed by atoms with Gasteiger partial charge in [0.25, 0.3) is 5.91 Å². The number of anilines is 1. The summed E-state index contributed by atoms with van der Waals surface area (Å²) in [6.07, 6.45) is 0. The smallest absolute Gasteiger partial charge is 0.262 e. The molecule has 20 heavy (non-hydrogen) atoms. The minimum Gasteiger partial charge on any atom is -0.361 e. The van der Waals surface area contributed by atoms with E-state index in [1.165, 1.54) is 11.3 Å². The van der Waals surface area contributed by atoms with Gasteiger partial charge in [0.05, 0.1) is 15.9 Å². The number of carbonyl (C=O) groups is 1. The number of nitrogens with zero attached hydrogens (tertiary/aromatic N) is 2. The molecule has 0 bridgehead atoms. The summed E-state index contributed by atoms with van der Waals surface area (Å²) in [6, 6.07) is 5.79. The molecule has 2 heterocycles. The van der Waals surface area contributed by atoms with Crippen LogP contribution in [-0.4, -0.2) is 16.0 Å². The Kier molecular flexibility index (Phi) is 3.31. The number of hydrogen-bond donors (Lipinski definition) is 1. The van der Waals surface area contributed by atoms with E-state index in [-0.39, 0.29) is 5.91 Å². The second kappa shape index (κ2) is 4.99. The standard InChI is InChI=1S/C13H10BrN3O2S/c1-6-11(7(2)19-17-6)12(18)16-13-15-9-4-3-8(14)5-10(9)20-13/h3-5H,1-2H3,(H,15,16,18). The fourth-order valence-corrected chi connectivity index (χ4v) is 3.33. The van der Waals surface area contributed by atoms with Crippen molar-refractivity contribution < 1.29 is 9.32 Å². The Morgan fingerprint density at radius 2 is 2.20 bits per heavy atom. The number of halogens is 1. The molecule has 2 aromatic heterocycles. The lowest BCUT2D eigenvalue weighted by molar-refractivity contribution is 0.102. The Labute approximate surface area is 127 Å². The van der Waals surface area contributed by atoms with Gasteiger partial charge in [0.15, 0.2) is 5.13 Å². The first kappa shape index (κ1) is 13.3. The van der Waals surface area contributed by atoms with Gasteiger partial charge in [-0.2, -0.15) is 0 Å². The number of amides is 1. The number of rotatable bonds is 2. The Bertz CT molecular complexity index is 790. The maximum absolute atomic E-state index is 12.2. The number of fused-ring (bicyclic) bond motifs is 1. The molecular weight excluding hydrogens is 342 g/mol. The van der Waals surface area contributed by atoms with Crippen LogP contribution in [-0.2, 0) is 0 Å². The molecule has 1 aromatic carbocycles. The Balaban J connectivity index is 1.91. The largest absolute Gasteiger partial charge is 0.361 e. The van der Waals surface area contributed by atoms with E-state index in [4.69, 9.17) is 4.52 Å². The van der Waals surface area contributed by atoms with Gasteiger partial charge in [-0.15, -0.1) is 0 Å². The van der Waals surface area contributed by atoms with Crippen molar-refractivity contribution in [3.63, 3.8) is 0 Å². The molecule has 3 aromatic rings. The predicted molar refractivity (Wildman–Crippen MR) is 81.3 cm³/mol. The number of aryl methyl sites for hydroxylation is 2. The number of aromatic nitrogens is 2. The van der Waals surface area contributed by atoms with Crippen LogP contribution in [0.25, 0.3) is 10.2 Å². The summed E-state index contributed by atoms with van der Waals surface area (Å²) < 4.78 is 6.99. The second-order valence-electron chi connectivity index (χ2n) is 4.28. The van der Waals surface area contributed by atoms with Crippen LogP contribution in [0.15, 0.2) is 27.2 Å². The first-order chi connectivity index (χ1) is 9.54. The summed E-state index contributed by atoms with van der Waals surface area (Å²) >= 11 is 4.84. The maximum Gasteiger partial charge on any atom is 0.262 e. The molecule has 3 rings (SSSR count). The summed E-state index contributed by atoms with van der Waals surface area (Å²) in [4.78, 5) is 16.6. The van der Waals surface area contributed by atoms with Crippen molar-refractivity contribution in [1.82, 2.24) is 10.1 Å². The van der Waals surface area contributed by atoms with Gasteiger partial charge >= 0.3 is 0 Å². The highest BCUT2D eigenvalue weighted by Gasteiger charge is 2.18. The van der Waals surface area contributed by atoms with Crippen LogP contribution >= 0.6 is 27.3 Å². The third-order valence-corrected chi connectivity index (χ3v) is 4.26. The van der Waals surface area contributed by atoms with Gasteiger partial charge in [-0.1, -0.05) is 32.4 Å². The third kappa shape index (κ3) is 2.34. The van der Waals surface area contributed by atoms with Crippen molar-refractivity contribution in [2.45, 2.75) is 13.8 Å². The fraction of sp³-hybridized carbons (Fsp3) is 0.154. The number of benzene rings is 1. The molecule has 0 unspecified atom stereocenters. The van der Waals surface area contributed by atoms with Crippen molar-refractivity contribution in [1.29, 1.82) is 0 Å². The lowest BCUT2D eigenvalue weighted by atomic mass is 10.2. The molecule has 0 radical (unpaired) electrons. The molecule has 102 valence electrons. The van der Waals surface area contributed by atoms with Crippen LogP contribution in [0, 0.1) is 13.8 Å². The fourth-order valence-electron chi connectivity index (χ4n) is 1.92. The van der Waals surface area contributed by atoms with Crippen molar-refractivity contribution in [2.75, 3.05) is 5.32 Å². The van der Waals surface area contributed by atoms with Gasteiger partial charge in [0.1, 0.15) is 11.3 Å². The summed E-state index contributed by atoms with van der Waals surface area (Å²) in [7, 11) is 0. The lowest BCUT2D eigenvalue weighted by Gasteiger charge is -1.99. The Hall–Kier alpha value is -1.73. The Morgan fingerprint density at radius 1 is 1.40 bits per heavy atom. The van der Waals surface area contributed by atoms with Gasteiger partial charge in [-0.05, 0) is 32.0 Å². The van der Waals surface area contributed by atoms with Crippen LogP contribution in [0.4, 0.5) is 5.13 Å². The number of carbonyl (C=O) groups excluding carboxylic acids is 1. The number of thiazole rings is 1. The van der Waals surface area contributed by atoms with Crippen molar-refractivity contribution in [3.05, 3.63) is 39.7 Å². The van der Waals surface area contributed by atoms with E-state index >= 15 is 0 Å². The summed E-state index contributed by atoms with van der Waals surface area (Å²) in [5.74, 6) is 0.253. The number of nitrogens with one attached hydrogen (secondary N) is 1. The lowest BCUT2D eigenvalue weighted by Crippen LogP contribution is -2.13. The zero-order chi connectivity index (χ0) is 14.3. The molecule has 0 aliphatic rings. The van der Waals surface area contributed by atoms with Gasteiger partial charge in [0.2, 0.25) is 0 Å². The zero-order valence-electron chi connectivity index (χ0n) is 10.7. The van der Waals surface area contributed by atoms with E-state index in [2.05, 4.69) is 31.4 Å². The van der Waals surface area contributed by atoms with Crippen molar-refractivity contribution >= 4 is 48.5 Å². The normalized spacial score (nSPS) is 10.9.